The summed E-state index contributed by atoms with van der Waals surface area (Å²) >= 11 is 0. The fourth-order valence-corrected chi connectivity index (χ4v) is 3.91. The Morgan fingerprint density at radius 2 is 2.25 bits per heavy atom. The Hall–Kier alpha value is -0.940. The molecular formula is C11H15NO3S. The lowest BCUT2D eigenvalue weighted by Gasteiger charge is -2.16. The molecule has 0 bridgehead atoms. The van der Waals surface area contributed by atoms with Gasteiger partial charge in [-0.1, -0.05) is 6.07 Å². The van der Waals surface area contributed by atoms with Crippen molar-refractivity contribution in [1.82, 2.24) is 4.98 Å². The molecule has 2 heterocycles. The Balaban J connectivity index is 2.17. The van der Waals surface area contributed by atoms with Gasteiger partial charge in [-0.05, 0) is 24.5 Å². The summed E-state index contributed by atoms with van der Waals surface area (Å²) in [5.41, 5.74) is 1.68. The number of hydrogen-bond acceptors (Lipinski definition) is 4. The molecule has 0 spiro atoms. The number of nitrogens with zero attached hydrogens (tertiary/aromatic N) is 1. The normalized spacial score (nSPS) is 25.5. The topological polar surface area (TPSA) is 67.3 Å². The summed E-state index contributed by atoms with van der Waals surface area (Å²) in [4.78, 5) is 4.00. The summed E-state index contributed by atoms with van der Waals surface area (Å²) in [6, 6.07) is 1.85. The number of pyridine rings is 1. The van der Waals surface area contributed by atoms with E-state index in [1.807, 2.05) is 13.0 Å². The van der Waals surface area contributed by atoms with E-state index in [1.54, 1.807) is 12.4 Å². The van der Waals surface area contributed by atoms with Crippen molar-refractivity contribution in [3.05, 3.63) is 29.6 Å². The third kappa shape index (κ3) is 2.41. The molecule has 1 saturated heterocycles. The minimum atomic E-state index is -2.94. The highest BCUT2D eigenvalue weighted by atomic mass is 32.2. The zero-order valence-corrected chi connectivity index (χ0v) is 9.94. The summed E-state index contributed by atoms with van der Waals surface area (Å²) in [6.07, 6.45) is 3.13. The first-order chi connectivity index (χ1) is 7.48. The van der Waals surface area contributed by atoms with Crippen molar-refractivity contribution in [2.45, 2.75) is 19.4 Å². The van der Waals surface area contributed by atoms with Crippen molar-refractivity contribution >= 4 is 9.84 Å². The summed E-state index contributed by atoms with van der Waals surface area (Å²) in [7, 11) is -2.94. The third-order valence-electron chi connectivity index (χ3n) is 2.95. The van der Waals surface area contributed by atoms with Crippen LogP contribution in [0.15, 0.2) is 18.5 Å². The van der Waals surface area contributed by atoms with Crippen molar-refractivity contribution < 1.29 is 13.5 Å². The average Bonchev–Trinajstić information content (AvgIpc) is 2.58. The molecule has 88 valence electrons. The molecule has 0 aromatic carbocycles. The molecule has 1 N–H and O–H groups in total. The molecule has 1 aliphatic rings. The van der Waals surface area contributed by atoms with Gasteiger partial charge in [-0.2, -0.15) is 0 Å². The lowest BCUT2D eigenvalue weighted by atomic mass is 9.96. The summed E-state index contributed by atoms with van der Waals surface area (Å²) in [5.74, 6) is 0.0874. The molecule has 0 saturated carbocycles. The highest BCUT2D eigenvalue weighted by molar-refractivity contribution is 7.91. The molecule has 1 fully saturated rings. The van der Waals surface area contributed by atoms with Crippen LogP contribution in [0.25, 0.3) is 0 Å². The van der Waals surface area contributed by atoms with E-state index in [9.17, 15) is 13.5 Å². The third-order valence-corrected chi connectivity index (χ3v) is 4.75. The number of sulfone groups is 1. The van der Waals surface area contributed by atoms with E-state index >= 15 is 0 Å². The van der Waals surface area contributed by atoms with E-state index in [2.05, 4.69) is 4.98 Å². The Morgan fingerprint density at radius 1 is 1.50 bits per heavy atom. The van der Waals surface area contributed by atoms with Crippen molar-refractivity contribution in [1.29, 1.82) is 0 Å². The van der Waals surface area contributed by atoms with E-state index in [4.69, 9.17) is 0 Å². The minimum absolute atomic E-state index is 0.0854. The van der Waals surface area contributed by atoms with Crippen molar-refractivity contribution in [2.75, 3.05) is 11.5 Å². The molecule has 1 aromatic rings. The van der Waals surface area contributed by atoms with Gasteiger partial charge in [-0.25, -0.2) is 8.42 Å². The molecule has 5 heteroatoms. The van der Waals surface area contributed by atoms with E-state index in [0.717, 1.165) is 5.56 Å². The Labute approximate surface area is 95.3 Å². The standard InChI is InChI=1S/C11H15NO3S/c1-8-4-10(6-12-5-8)11(13)9-2-3-16(14,15)7-9/h4-6,9,11,13H,2-3,7H2,1H3. The van der Waals surface area contributed by atoms with E-state index < -0.39 is 15.9 Å². The maximum atomic E-state index is 11.3. The first kappa shape index (κ1) is 11.5. The summed E-state index contributed by atoms with van der Waals surface area (Å²) in [6.45, 7) is 1.90. The van der Waals surface area contributed by atoms with Crippen molar-refractivity contribution in [2.24, 2.45) is 5.92 Å². The van der Waals surface area contributed by atoms with Crippen LogP contribution in [-0.4, -0.2) is 30.0 Å². The van der Waals surface area contributed by atoms with Crippen LogP contribution in [0, 0.1) is 12.8 Å². The second-order valence-electron chi connectivity index (χ2n) is 4.40. The molecular weight excluding hydrogens is 226 g/mol. The van der Waals surface area contributed by atoms with Gasteiger partial charge in [0.05, 0.1) is 17.6 Å². The molecule has 1 aromatic heterocycles. The maximum Gasteiger partial charge on any atom is 0.150 e. The fourth-order valence-electron chi connectivity index (χ4n) is 2.09. The molecule has 4 nitrogen and oxygen atoms in total. The van der Waals surface area contributed by atoms with E-state index in [-0.39, 0.29) is 17.4 Å². The molecule has 0 radical (unpaired) electrons. The second kappa shape index (κ2) is 4.14. The largest absolute Gasteiger partial charge is 0.388 e. The van der Waals surface area contributed by atoms with Crippen molar-refractivity contribution in [3.63, 3.8) is 0 Å². The summed E-state index contributed by atoms with van der Waals surface area (Å²) in [5, 5.41) is 10.1. The smallest absolute Gasteiger partial charge is 0.150 e. The quantitative estimate of drug-likeness (QED) is 0.834. The monoisotopic (exact) mass is 241 g/mol. The number of rotatable bonds is 2. The van der Waals surface area contributed by atoms with Gasteiger partial charge in [0.25, 0.3) is 0 Å². The fraction of sp³-hybridized carbons (Fsp3) is 0.545. The molecule has 2 rings (SSSR count). The number of aliphatic hydroxyl groups is 1. The van der Waals surface area contributed by atoms with Crippen LogP contribution in [-0.2, 0) is 9.84 Å². The van der Waals surface area contributed by atoms with Gasteiger partial charge >= 0.3 is 0 Å². The zero-order chi connectivity index (χ0) is 11.8. The average molecular weight is 241 g/mol. The molecule has 0 amide bonds. The molecule has 2 atom stereocenters. The van der Waals surface area contributed by atoms with Crippen LogP contribution in [0.3, 0.4) is 0 Å². The molecule has 16 heavy (non-hydrogen) atoms. The predicted octanol–water partition coefficient (Wildman–Crippen LogP) is 0.858. The van der Waals surface area contributed by atoms with Crippen LogP contribution in [0.1, 0.15) is 23.7 Å². The lowest BCUT2D eigenvalue weighted by Crippen LogP contribution is -2.14. The SMILES string of the molecule is Cc1cncc(C(O)C2CCS(=O)(=O)C2)c1. The minimum Gasteiger partial charge on any atom is -0.388 e. The van der Waals surface area contributed by atoms with Crippen LogP contribution in [0.2, 0.25) is 0 Å². The Kier molecular flexibility index (Phi) is 2.99. The van der Waals surface area contributed by atoms with Gasteiger partial charge in [0.15, 0.2) is 9.84 Å². The zero-order valence-electron chi connectivity index (χ0n) is 9.13. The van der Waals surface area contributed by atoms with Gasteiger partial charge in [0.2, 0.25) is 0 Å². The van der Waals surface area contributed by atoms with Crippen LogP contribution in [0.4, 0.5) is 0 Å². The van der Waals surface area contributed by atoms with Gasteiger partial charge in [-0.15, -0.1) is 0 Å². The van der Waals surface area contributed by atoms with E-state index in [0.29, 0.717) is 12.0 Å². The molecule has 0 aliphatic carbocycles. The summed E-state index contributed by atoms with van der Waals surface area (Å²) < 4.78 is 22.6. The lowest BCUT2D eigenvalue weighted by molar-refractivity contribution is 0.120. The number of aromatic nitrogens is 1. The van der Waals surface area contributed by atoms with Gasteiger partial charge in [-0.3, -0.25) is 4.98 Å². The first-order valence-electron chi connectivity index (χ1n) is 5.28. The van der Waals surface area contributed by atoms with Crippen LogP contribution < -0.4 is 0 Å². The Bertz CT molecular complexity index is 484. The number of aliphatic hydroxyl groups excluding tert-OH is 1. The van der Waals surface area contributed by atoms with E-state index in [1.165, 1.54) is 0 Å². The highest BCUT2D eigenvalue weighted by Gasteiger charge is 2.33. The van der Waals surface area contributed by atoms with Gasteiger partial charge in [0, 0.05) is 18.3 Å². The highest BCUT2D eigenvalue weighted by Crippen LogP contribution is 2.31. The number of hydrogen-bond donors (Lipinski definition) is 1. The molecule has 2 unspecified atom stereocenters. The van der Waals surface area contributed by atoms with Gasteiger partial charge in [0.1, 0.15) is 0 Å². The predicted molar refractivity (Wildman–Crippen MR) is 60.7 cm³/mol. The number of aryl methyl sites for hydroxylation is 1. The van der Waals surface area contributed by atoms with Crippen LogP contribution in [0.5, 0.6) is 0 Å². The van der Waals surface area contributed by atoms with Gasteiger partial charge < -0.3 is 5.11 Å². The van der Waals surface area contributed by atoms with Crippen molar-refractivity contribution in [3.8, 4) is 0 Å². The van der Waals surface area contributed by atoms with Crippen LogP contribution >= 0.6 is 0 Å². The molecule has 1 aliphatic heterocycles. The maximum absolute atomic E-state index is 11.3. The Morgan fingerprint density at radius 3 is 2.81 bits per heavy atom. The second-order valence-corrected chi connectivity index (χ2v) is 6.63. The first-order valence-corrected chi connectivity index (χ1v) is 7.10.